The van der Waals surface area contributed by atoms with Crippen LogP contribution in [0.4, 0.5) is 0 Å². The number of hydrogen-bond donors (Lipinski definition) is 3. The molecule has 3 nitrogen and oxygen atoms in total. The minimum atomic E-state index is -0.0744. The number of nitrogens with two attached hydrogens (primary N) is 1. The largest absolute Gasteiger partial charge is 0.393 e. The van der Waals surface area contributed by atoms with Gasteiger partial charge in [-0.05, 0) is 130 Å². The Morgan fingerprint density at radius 2 is 1.38 bits per heavy atom. The fourth-order valence-corrected chi connectivity index (χ4v) is 11.2. The Morgan fingerprint density at radius 3 is 2.08 bits per heavy atom. The molecule has 4 N–H and O–H groups in total. The Hall–Kier alpha value is -0.120. The first-order chi connectivity index (χ1) is 19.2. The summed E-state index contributed by atoms with van der Waals surface area (Å²) in [4.78, 5) is 0. The Labute approximate surface area is 250 Å². The van der Waals surface area contributed by atoms with Crippen molar-refractivity contribution in [3.05, 3.63) is 0 Å². The lowest BCUT2D eigenvalue weighted by Gasteiger charge is -2.63. The zero-order valence-electron chi connectivity index (χ0n) is 27.6. The molecule has 0 aromatic rings. The van der Waals surface area contributed by atoms with Crippen LogP contribution in [0, 0.1) is 52.3 Å². The Morgan fingerprint density at radius 1 is 0.725 bits per heavy atom. The van der Waals surface area contributed by atoms with Crippen LogP contribution in [-0.4, -0.2) is 30.3 Å². The molecule has 0 radical (unpaired) electrons. The SMILES string of the molecule is CC(C)CCC[C@@H](C)[C@H]1CCC2C3C[C@@H](NCCCCCCCCCCN)C4C[C@@H](O)CC[C@]4(C)C3CC[C@@]21C. The first-order valence-electron chi connectivity index (χ1n) is 18.3. The van der Waals surface area contributed by atoms with Gasteiger partial charge in [0.25, 0.3) is 0 Å². The number of aliphatic hydroxyl groups excluding tert-OH is 1. The van der Waals surface area contributed by atoms with Crippen LogP contribution in [0.1, 0.15) is 157 Å². The standard InChI is InChI=1S/C37H70N2O/c1-27(2)15-14-16-28(3)31-17-18-32-30-26-35(39-24-13-11-9-7-6-8-10-12-23-38)34-25-29(40)19-21-37(34,5)33(30)20-22-36(31,32)4/h27-35,39-40H,6-26,38H2,1-5H3/t28-,29+,30?,31-,32?,33?,34?,35-,36-,37-/m1/s1. The van der Waals surface area contributed by atoms with E-state index in [-0.39, 0.29) is 6.10 Å². The van der Waals surface area contributed by atoms with Gasteiger partial charge < -0.3 is 16.2 Å². The summed E-state index contributed by atoms with van der Waals surface area (Å²) in [5.41, 5.74) is 6.61. The van der Waals surface area contributed by atoms with Gasteiger partial charge in [-0.25, -0.2) is 0 Å². The van der Waals surface area contributed by atoms with Crippen LogP contribution in [0.5, 0.6) is 0 Å². The lowest BCUT2D eigenvalue weighted by Crippen LogP contribution is -2.61. The smallest absolute Gasteiger partial charge is 0.0543 e. The summed E-state index contributed by atoms with van der Waals surface area (Å²) in [7, 11) is 0. The van der Waals surface area contributed by atoms with E-state index in [1.807, 2.05) is 0 Å². The fourth-order valence-electron chi connectivity index (χ4n) is 11.2. The summed E-state index contributed by atoms with van der Waals surface area (Å²) in [6, 6.07) is 0.613. The monoisotopic (exact) mass is 559 g/mol. The van der Waals surface area contributed by atoms with Crippen molar-refractivity contribution in [2.24, 2.45) is 58.0 Å². The quantitative estimate of drug-likeness (QED) is 0.166. The second-order valence-corrected chi connectivity index (χ2v) is 16.4. The summed E-state index contributed by atoms with van der Waals surface area (Å²) >= 11 is 0. The molecule has 0 aromatic heterocycles. The molecule has 0 bridgehead atoms. The second-order valence-electron chi connectivity index (χ2n) is 16.4. The van der Waals surface area contributed by atoms with Crippen molar-refractivity contribution < 1.29 is 5.11 Å². The van der Waals surface area contributed by atoms with Gasteiger partial charge in [-0.1, -0.05) is 92.4 Å². The van der Waals surface area contributed by atoms with Crippen LogP contribution in [0.25, 0.3) is 0 Å². The predicted molar refractivity (Wildman–Crippen MR) is 172 cm³/mol. The third-order valence-electron chi connectivity index (χ3n) is 13.4. The molecule has 234 valence electrons. The van der Waals surface area contributed by atoms with Gasteiger partial charge in [0.2, 0.25) is 0 Å². The third-order valence-corrected chi connectivity index (χ3v) is 13.4. The van der Waals surface area contributed by atoms with E-state index in [1.165, 1.54) is 116 Å². The summed E-state index contributed by atoms with van der Waals surface area (Å²) in [5.74, 6) is 6.04. The van der Waals surface area contributed by atoms with Crippen molar-refractivity contribution in [2.75, 3.05) is 13.1 Å². The maximum atomic E-state index is 10.8. The van der Waals surface area contributed by atoms with E-state index in [1.54, 1.807) is 0 Å². The highest BCUT2D eigenvalue weighted by Gasteiger charge is 2.62. The first kappa shape index (κ1) is 32.8. The van der Waals surface area contributed by atoms with Gasteiger partial charge in [-0.15, -0.1) is 0 Å². The Balaban J connectivity index is 1.35. The van der Waals surface area contributed by atoms with Crippen molar-refractivity contribution in [2.45, 2.75) is 169 Å². The number of rotatable bonds is 16. The average Bonchev–Trinajstić information content (AvgIpc) is 3.27. The molecule has 0 aromatic carbocycles. The van der Waals surface area contributed by atoms with Crippen LogP contribution in [0.3, 0.4) is 0 Å². The van der Waals surface area contributed by atoms with Crippen molar-refractivity contribution in [3.63, 3.8) is 0 Å². The molecule has 0 spiro atoms. The highest BCUT2D eigenvalue weighted by atomic mass is 16.3. The molecule has 4 saturated carbocycles. The molecule has 0 heterocycles. The highest BCUT2D eigenvalue weighted by molar-refractivity contribution is 5.12. The molecule has 4 fully saturated rings. The molecule has 0 amide bonds. The maximum Gasteiger partial charge on any atom is 0.0543 e. The molecule has 10 atom stereocenters. The van der Waals surface area contributed by atoms with Gasteiger partial charge >= 0.3 is 0 Å². The van der Waals surface area contributed by atoms with Crippen LogP contribution < -0.4 is 11.1 Å². The normalized spacial score (nSPS) is 40.0. The van der Waals surface area contributed by atoms with E-state index in [9.17, 15) is 5.11 Å². The molecule has 4 rings (SSSR count). The Bertz CT molecular complexity index is 740. The number of unbranched alkanes of at least 4 members (excludes halogenated alkanes) is 7. The topological polar surface area (TPSA) is 58.3 Å². The Kier molecular flexibility index (Phi) is 12.3. The summed E-state index contributed by atoms with van der Waals surface area (Å²) in [5, 5.41) is 14.9. The molecule has 4 aliphatic rings. The minimum absolute atomic E-state index is 0.0744. The lowest BCUT2D eigenvalue weighted by molar-refractivity contribution is -0.141. The number of hydrogen-bond acceptors (Lipinski definition) is 3. The van der Waals surface area contributed by atoms with Crippen LogP contribution in [-0.2, 0) is 0 Å². The summed E-state index contributed by atoms with van der Waals surface area (Å²) in [6.45, 7) is 14.8. The highest BCUT2D eigenvalue weighted by Crippen LogP contribution is 2.68. The molecular weight excluding hydrogens is 488 g/mol. The van der Waals surface area contributed by atoms with Crippen LogP contribution in [0.2, 0.25) is 0 Å². The van der Waals surface area contributed by atoms with Crippen molar-refractivity contribution in [1.29, 1.82) is 0 Å². The van der Waals surface area contributed by atoms with Gasteiger partial charge in [0.15, 0.2) is 0 Å². The fraction of sp³-hybridized carbons (Fsp3) is 1.00. The summed E-state index contributed by atoms with van der Waals surface area (Å²) in [6.07, 6.45) is 25.5. The molecule has 0 saturated heterocycles. The zero-order chi connectivity index (χ0) is 28.8. The molecular formula is C37H70N2O. The van der Waals surface area contributed by atoms with E-state index in [4.69, 9.17) is 5.73 Å². The molecule has 40 heavy (non-hydrogen) atoms. The number of nitrogens with one attached hydrogen (secondary N) is 1. The van der Waals surface area contributed by atoms with E-state index >= 15 is 0 Å². The zero-order valence-corrected chi connectivity index (χ0v) is 27.6. The van der Waals surface area contributed by atoms with Gasteiger partial charge in [0, 0.05) is 6.04 Å². The minimum Gasteiger partial charge on any atom is -0.393 e. The molecule has 4 aliphatic carbocycles. The van der Waals surface area contributed by atoms with Gasteiger partial charge in [-0.3, -0.25) is 0 Å². The van der Waals surface area contributed by atoms with E-state index in [2.05, 4.69) is 39.9 Å². The predicted octanol–water partition coefficient (Wildman–Crippen LogP) is 9.12. The second kappa shape index (κ2) is 15.1. The number of fused-ring (bicyclic) bond motifs is 5. The third kappa shape index (κ3) is 7.50. The van der Waals surface area contributed by atoms with Crippen molar-refractivity contribution >= 4 is 0 Å². The van der Waals surface area contributed by atoms with Crippen molar-refractivity contribution in [3.8, 4) is 0 Å². The molecule has 4 unspecified atom stereocenters. The van der Waals surface area contributed by atoms with E-state index < -0.39 is 0 Å². The number of aliphatic hydroxyl groups is 1. The average molecular weight is 559 g/mol. The van der Waals surface area contributed by atoms with Gasteiger partial charge in [0.1, 0.15) is 0 Å². The maximum absolute atomic E-state index is 10.8. The lowest BCUT2D eigenvalue weighted by atomic mass is 9.43. The van der Waals surface area contributed by atoms with E-state index in [0.29, 0.717) is 22.8 Å². The van der Waals surface area contributed by atoms with Crippen LogP contribution in [0.15, 0.2) is 0 Å². The summed E-state index contributed by atoms with van der Waals surface area (Å²) < 4.78 is 0. The van der Waals surface area contributed by atoms with Crippen LogP contribution >= 0.6 is 0 Å². The molecule has 0 aliphatic heterocycles. The van der Waals surface area contributed by atoms with Crippen molar-refractivity contribution in [1.82, 2.24) is 5.32 Å². The first-order valence-corrected chi connectivity index (χ1v) is 18.3. The van der Waals surface area contributed by atoms with E-state index in [0.717, 1.165) is 54.9 Å². The molecule has 3 heteroatoms. The van der Waals surface area contributed by atoms with Gasteiger partial charge in [-0.2, -0.15) is 0 Å². The van der Waals surface area contributed by atoms with Gasteiger partial charge in [0.05, 0.1) is 6.10 Å².